The number of rotatable bonds is 9. The van der Waals surface area contributed by atoms with Gasteiger partial charge in [-0.1, -0.05) is 30.3 Å². The van der Waals surface area contributed by atoms with Crippen molar-refractivity contribution in [2.24, 2.45) is 0 Å². The lowest BCUT2D eigenvalue weighted by atomic mass is 10.2. The van der Waals surface area contributed by atoms with E-state index in [4.69, 9.17) is 4.74 Å². The van der Waals surface area contributed by atoms with Gasteiger partial charge in [0.05, 0.1) is 12.8 Å². The lowest BCUT2D eigenvalue weighted by Gasteiger charge is -2.35. The van der Waals surface area contributed by atoms with E-state index in [2.05, 4.69) is 27.0 Å². The molecule has 1 aliphatic rings. The molecule has 0 N–H and O–H groups in total. The van der Waals surface area contributed by atoms with E-state index in [0.717, 1.165) is 19.6 Å². The maximum Gasteiger partial charge on any atom is 0.274 e. The first-order valence-corrected chi connectivity index (χ1v) is 10.3. The van der Waals surface area contributed by atoms with Crippen molar-refractivity contribution in [2.75, 3.05) is 53.0 Å². The van der Waals surface area contributed by atoms with Gasteiger partial charge >= 0.3 is 0 Å². The highest BCUT2D eigenvalue weighted by atomic mass is 16.5. The molecule has 3 rings (SSSR count). The number of benzene rings is 1. The fourth-order valence-electron chi connectivity index (χ4n) is 3.47. The second kappa shape index (κ2) is 11.4. The van der Waals surface area contributed by atoms with Crippen LogP contribution in [0.2, 0.25) is 0 Å². The van der Waals surface area contributed by atoms with Gasteiger partial charge in [-0.3, -0.25) is 19.5 Å². The fraction of sp³-hybridized carbons (Fsp3) is 0.455. The Balaban J connectivity index is 1.47. The fourth-order valence-corrected chi connectivity index (χ4v) is 3.47. The van der Waals surface area contributed by atoms with Crippen LogP contribution in [0.25, 0.3) is 0 Å². The summed E-state index contributed by atoms with van der Waals surface area (Å²) in [6.07, 6.45) is 4.74. The van der Waals surface area contributed by atoms with Crippen LogP contribution in [0.15, 0.2) is 48.9 Å². The van der Waals surface area contributed by atoms with Gasteiger partial charge in [0.15, 0.2) is 0 Å². The Bertz CT molecular complexity index is 795. The predicted molar refractivity (Wildman–Crippen MR) is 113 cm³/mol. The van der Waals surface area contributed by atoms with Crippen molar-refractivity contribution in [1.82, 2.24) is 24.7 Å². The van der Waals surface area contributed by atoms with E-state index in [1.54, 1.807) is 12.0 Å². The zero-order chi connectivity index (χ0) is 21.2. The number of methoxy groups -OCH3 is 1. The summed E-state index contributed by atoms with van der Waals surface area (Å²) in [5, 5.41) is 0. The third kappa shape index (κ3) is 6.33. The maximum atomic E-state index is 12.7. The normalized spacial score (nSPS) is 14.5. The monoisotopic (exact) mass is 411 g/mol. The van der Waals surface area contributed by atoms with Crippen LogP contribution in [0, 0.1) is 0 Å². The average Bonchev–Trinajstić information content (AvgIpc) is 2.80. The maximum absolute atomic E-state index is 12.7. The molecule has 1 aliphatic heterocycles. The van der Waals surface area contributed by atoms with Crippen LogP contribution in [0.5, 0.6) is 0 Å². The van der Waals surface area contributed by atoms with Crippen LogP contribution in [-0.2, 0) is 16.1 Å². The smallest absolute Gasteiger partial charge is 0.274 e. The van der Waals surface area contributed by atoms with Gasteiger partial charge in [-0.05, 0) is 5.56 Å². The van der Waals surface area contributed by atoms with Gasteiger partial charge in [-0.15, -0.1) is 0 Å². The lowest BCUT2D eigenvalue weighted by molar-refractivity contribution is -0.133. The van der Waals surface area contributed by atoms with Gasteiger partial charge in [0, 0.05) is 71.7 Å². The molecular formula is C22H29N5O3. The molecule has 0 saturated carbocycles. The van der Waals surface area contributed by atoms with Crippen molar-refractivity contribution >= 4 is 11.8 Å². The third-order valence-corrected chi connectivity index (χ3v) is 5.20. The summed E-state index contributed by atoms with van der Waals surface area (Å²) < 4.78 is 5.11. The van der Waals surface area contributed by atoms with Crippen molar-refractivity contribution in [3.05, 3.63) is 60.2 Å². The van der Waals surface area contributed by atoms with Gasteiger partial charge in [-0.2, -0.15) is 0 Å². The molecule has 0 aliphatic carbocycles. The number of hydrogen-bond donors (Lipinski definition) is 0. The number of piperazine rings is 1. The van der Waals surface area contributed by atoms with Gasteiger partial charge in [-0.25, -0.2) is 4.98 Å². The topological polar surface area (TPSA) is 78.9 Å². The van der Waals surface area contributed by atoms with Crippen LogP contribution in [-0.4, -0.2) is 89.5 Å². The van der Waals surface area contributed by atoms with E-state index in [1.165, 1.54) is 24.2 Å². The molecule has 160 valence electrons. The summed E-state index contributed by atoms with van der Waals surface area (Å²) in [5.74, 6) is -0.163. The quantitative estimate of drug-likeness (QED) is 0.619. The number of amides is 2. The molecule has 0 atom stereocenters. The summed E-state index contributed by atoms with van der Waals surface area (Å²) in [7, 11) is 1.59. The molecule has 1 aromatic heterocycles. The summed E-state index contributed by atoms with van der Waals surface area (Å²) >= 11 is 0. The van der Waals surface area contributed by atoms with E-state index >= 15 is 0 Å². The van der Waals surface area contributed by atoms with E-state index in [1.807, 2.05) is 23.1 Å². The number of carbonyl (C=O) groups is 2. The molecule has 30 heavy (non-hydrogen) atoms. The largest absolute Gasteiger partial charge is 0.383 e. The second-order valence-electron chi connectivity index (χ2n) is 7.27. The summed E-state index contributed by atoms with van der Waals surface area (Å²) in [4.78, 5) is 39.3. The highest BCUT2D eigenvalue weighted by Crippen LogP contribution is 2.10. The Morgan fingerprint density at radius 2 is 1.83 bits per heavy atom. The predicted octanol–water partition coefficient (Wildman–Crippen LogP) is 1.30. The minimum Gasteiger partial charge on any atom is -0.383 e. The lowest BCUT2D eigenvalue weighted by Crippen LogP contribution is -2.49. The van der Waals surface area contributed by atoms with E-state index in [9.17, 15) is 9.59 Å². The second-order valence-corrected chi connectivity index (χ2v) is 7.27. The van der Waals surface area contributed by atoms with Crippen molar-refractivity contribution in [1.29, 1.82) is 0 Å². The van der Waals surface area contributed by atoms with Gasteiger partial charge in [0.25, 0.3) is 5.91 Å². The Hall–Kier alpha value is -2.84. The van der Waals surface area contributed by atoms with Crippen LogP contribution in [0.1, 0.15) is 22.5 Å². The van der Waals surface area contributed by atoms with E-state index in [0.29, 0.717) is 32.8 Å². The molecule has 2 aromatic rings. The number of aromatic nitrogens is 2. The average molecular weight is 412 g/mol. The molecule has 2 amide bonds. The molecule has 1 aromatic carbocycles. The van der Waals surface area contributed by atoms with E-state index in [-0.39, 0.29) is 23.9 Å². The van der Waals surface area contributed by atoms with Crippen LogP contribution >= 0.6 is 0 Å². The summed E-state index contributed by atoms with van der Waals surface area (Å²) in [6.45, 7) is 5.17. The standard InChI is InChI=1S/C22H29N5O3/c1-30-16-15-27(22(29)20-17-23-8-9-24-20)10-7-21(28)26-13-11-25(12-14-26)18-19-5-3-2-4-6-19/h2-6,8-9,17H,7,10-16,18H2,1H3. The van der Waals surface area contributed by atoms with Crippen LogP contribution in [0.4, 0.5) is 0 Å². The molecule has 1 saturated heterocycles. The minimum atomic E-state index is -0.236. The first-order valence-electron chi connectivity index (χ1n) is 10.3. The minimum absolute atomic E-state index is 0.0729. The van der Waals surface area contributed by atoms with Gasteiger partial charge in [0.2, 0.25) is 5.91 Å². The van der Waals surface area contributed by atoms with Gasteiger partial charge < -0.3 is 14.5 Å². The summed E-state index contributed by atoms with van der Waals surface area (Å²) in [6, 6.07) is 10.4. The molecule has 8 nitrogen and oxygen atoms in total. The number of nitrogens with zero attached hydrogens (tertiary/aromatic N) is 5. The first kappa shape index (κ1) is 21.9. The molecule has 8 heteroatoms. The molecule has 2 heterocycles. The Morgan fingerprint density at radius 3 is 2.50 bits per heavy atom. The number of hydrogen-bond acceptors (Lipinski definition) is 6. The highest BCUT2D eigenvalue weighted by molar-refractivity contribution is 5.92. The molecule has 1 fully saturated rings. The summed E-state index contributed by atoms with van der Waals surface area (Å²) in [5.41, 5.74) is 1.56. The van der Waals surface area contributed by atoms with Crippen molar-refractivity contribution < 1.29 is 14.3 Å². The van der Waals surface area contributed by atoms with Crippen LogP contribution in [0.3, 0.4) is 0 Å². The highest BCUT2D eigenvalue weighted by Gasteiger charge is 2.23. The Labute approximate surface area is 177 Å². The van der Waals surface area contributed by atoms with Gasteiger partial charge in [0.1, 0.15) is 5.69 Å². The van der Waals surface area contributed by atoms with Crippen LogP contribution < -0.4 is 0 Å². The van der Waals surface area contributed by atoms with E-state index < -0.39 is 0 Å². The SMILES string of the molecule is COCCN(CCC(=O)N1CCN(Cc2ccccc2)CC1)C(=O)c1cnccn1. The molecule has 0 spiro atoms. The molecule has 0 radical (unpaired) electrons. The molecular weight excluding hydrogens is 382 g/mol. The zero-order valence-corrected chi connectivity index (χ0v) is 17.4. The van der Waals surface area contributed by atoms with Crippen molar-refractivity contribution in [3.8, 4) is 0 Å². The molecule has 0 unspecified atom stereocenters. The number of ether oxygens (including phenoxy) is 1. The molecule has 0 bridgehead atoms. The Morgan fingerprint density at radius 1 is 1.07 bits per heavy atom. The van der Waals surface area contributed by atoms with Crippen molar-refractivity contribution in [2.45, 2.75) is 13.0 Å². The number of carbonyl (C=O) groups excluding carboxylic acids is 2. The Kier molecular flexibility index (Phi) is 8.29. The zero-order valence-electron chi connectivity index (χ0n) is 17.4. The first-order chi connectivity index (χ1) is 14.7. The van der Waals surface area contributed by atoms with Crippen molar-refractivity contribution in [3.63, 3.8) is 0 Å². The third-order valence-electron chi connectivity index (χ3n) is 5.20.